The first-order chi connectivity index (χ1) is 24.7. The minimum atomic E-state index is -2.13. The zero-order valence-corrected chi connectivity index (χ0v) is 27.7. The minimum Gasteiger partial charge on any atom is -0.504 e. The SMILES string of the molecule is O=C(CCc1ccc(O)c(O)c1)OC1C(COC2OCC(O)(CO)C2O)OC(OCCc2ccc(O)c(O)c2)C(O)C1OC1OCC(O)(CO)C1O. The first kappa shape index (κ1) is 39.8. The van der Waals surface area contributed by atoms with E-state index in [4.69, 9.17) is 33.2 Å². The molecule has 19 nitrogen and oxygen atoms in total. The van der Waals surface area contributed by atoms with Crippen LogP contribution in [-0.4, -0.2) is 168 Å². The summed E-state index contributed by atoms with van der Waals surface area (Å²) in [5.41, 5.74) is -3.17. The molecule has 11 N–H and O–H groups in total. The molecule has 0 radical (unpaired) electrons. The maximum atomic E-state index is 13.3. The third-order valence-corrected chi connectivity index (χ3v) is 9.13. The summed E-state index contributed by atoms with van der Waals surface area (Å²) in [6.07, 6.45) is -14.8. The van der Waals surface area contributed by atoms with Crippen molar-refractivity contribution in [3.8, 4) is 23.0 Å². The number of aryl methyl sites for hydroxylation is 1. The second-order valence-electron chi connectivity index (χ2n) is 13.0. The highest BCUT2D eigenvalue weighted by molar-refractivity contribution is 5.70. The van der Waals surface area contributed by atoms with Crippen LogP contribution in [0.5, 0.6) is 23.0 Å². The molecule has 290 valence electrons. The van der Waals surface area contributed by atoms with E-state index < -0.39 is 111 Å². The number of aromatic hydroxyl groups is 4. The van der Waals surface area contributed by atoms with Crippen LogP contribution >= 0.6 is 0 Å². The lowest BCUT2D eigenvalue weighted by atomic mass is 9.97. The van der Waals surface area contributed by atoms with Gasteiger partial charge in [-0.3, -0.25) is 4.79 Å². The predicted molar refractivity (Wildman–Crippen MR) is 168 cm³/mol. The van der Waals surface area contributed by atoms with Crippen LogP contribution in [0.2, 0.25) is 0 Å². The molecule has 11 unspecified atom stereocenters. The summed E-state index contributed by atoms with van der Waals surface area (Å²) < 4.78 is 39.9. The zero-order valence-electron chi connectivity index (χ0n) is 27.7. The lowest BCUT2D eigenvalue weighted by Gasteiger charge is -2.44. The quantitative estimate of drug-likeness (QED) is 0.0639. The Bertz CT molecular complexity index is 1510. The largest absolute Gasteiger partial charge is 0.504 e. The first-order valence-electron chi connectivity index (χ1n) is 16.4. The van der Waals surface area contributed by atoms with E-state index in [9.17, 15) is 61.0 Å². The molecule has 52 heavy (non-hydrogen) atoms. The Hall–Kier alpha value is -3.41. The Balaban J connectivity index is 1.38. The molecule has 0 spiro atoms. The highest BCUT2D eigenvalue weighted by atomic mass is 16.8. The van der Waals surface area contributed by atoms with Gasteiger partial charge in [0.15, 0.2) is 48.0 Å². The van der Waals surface area contributed by atoms with Gasteiger partial charge in [0, 0.05) is 6.42 Å². The van der Waals surface area contributed by atoms with Crippen molar-refractivity contribution in [2.24, 2.45) is 0 Å². The van der Waals surface area contributed by atoms with Crippen molar-refractivity contribution in [3.05, 3.63) is 47.5 Å². The van der Waals surface area contributed by atoms with E-state index in [0.717, 1.165) is 0 Å². The van der Waals surface area contributed by atoms with Gasteiger partial charge in [-0.2, -0.15) is 0 Å². The molecule has 0 bridgehead atoms. The van der Waals surface area contributed by atoms with Crippen molar-refractivity contribution in [1.29, 1.82) is 0 Å². The van der Waals surface area contributed by atoms with Gasteiger partial charge in [0.25, 0.3) is 0 Å². The Labute approximate surface area is 296 Å². The second kappa shape index (κ2) is 16.7. The lowest BCUT2D eigenvalue weighted by molar-refractivity contribution is -0.335. The van der Waals surface area contributed by atoms with Gasteiger partial charge in [0.1, 0.15) is 41.7 Å². The van der Waals surface area contributed by atoms with E-state index in [2.05, 4.69) is 0 Å². The number of phenolic OH excluding ortho intramolecular Hbond substituents is 4. The van der Waals surface area contributed by atoms with Gasteiger partial charge in [-0.25, -0.2) is 0 Å². The molecule has 2 aromatic carbocycles. The van der Waals surface area contributed by atoms with Gasteiger partial charge in [0.2, 0.25) is 0 Å². The predicted octanol–water partition coefficient (Wildman–Crippen LogP) is -3.02. The monoisotopic (exact) mass is 744 g/mol. The van der Waals surface area contributed by atoms with E-state index in [0.29, 0.717) is 11.1 Å². The van der Waals surface area contributed by atoms with Gasteiger partial charge < -0.3 is 89.3 Å². The van der Waals surface area contributed by atoms with Crippen LogP contribution in [0, 0.1) is 0 Å². The van der Waals surface area contributed by atoms with Crippen molar-refractivity contribution in [2.75, 3.05) is 39.6 Å². The smallest absolute Gasteiger partial charge is 0.306 e. The van der Waals surface area contributed by atoms with Crippen LogP contribution in [0.4, 0.5) is 0 Å². The molecular formula is C33H44O19. The standard InChI is InChI=1S/C33H44O19/c34-12-32(44)14-48-30(27(32)42)47-11-22-25(51-23(40)6-3-16-1-4-18(36)20(38)9-16)26(52-31-28(43)33(45,13-35)15-49-31)24(41)29(50-22)46-8-7-17-2-5-19(37)21(39)10-17/h1-2,4-5,9-10,22,24-31,34-39,41-45H,3,6-8,11-15H2. The fourth-order valence-corrected chi connectivity index (χ4v) is 5.85. The van der Waals surface area contributed by atoms with Crippen molar-refractivity contribution in [3.63, 3.8) is 0 Å². The summed E-state index contributed by atoms with van der Waals surface area (Å²) in [7, 11) is 0. The van der Waals surface area contributed by atoms with Gasteiger partial charge in [-0.1, -0.05) is 12.1 Å². The summed E-state index contributed by atoms with van der Waals surface area (Å²) in [6.45, 7) is -3.52. The molecule has 0 aromatic heterocycles. The summed E-state index contributed by atoms with van der Waals surface area (Å²) in [5, 5.41) is 112. The average molecular weight is 745 g/mol. The number of esters is 1. The molecule has 3 heterocycles. The molecule has 3 saturated heterocycles. The molecule has 0 saturated carbocycles. The van der Waals surface area contributed by atoms with Crippen LogP contribution in [0.15, 0.2) is 36.4 Å². The van der Waals surface area contributed by atoms with E-state index in [1.165, 1.54) is 36.4 Å². The van der Waals surface area contributed by atoms with Crippen molar-refractivity contribution >= 4 is 5.97 Å². The maximum Gasteiger partial charge on any atom is 0.306 e. The summed E-state index contributed by atoms with van der Waals surface area (Å²) >= 11 is 0. The Morgan fingerprint density at radius 3 is 1.85 bits per heavy atom. The van der Waals surface area contributed by atoms with Crippen LogP contribution in [-0.2, 0) is 50.8 Å². The summed E-state index contributed by atoms with van der Waals surface area (Å²) in [4.78, 5) is 13.3. The third-order valence-electron chi connectivity index (χ3n) is 9.13. The molecule has 3 aliphatic rings. The van der Waals surface area contributed by atoms with E-state index >= 15 is 0 Å². The highest BCUT2D eigenvalue weighted by Crippen LogP contribution is 2.34. The highest BCUT2D eigenvalue weighted by Gasteiger charge is 2.55. The van der Waals surface area contributed by atoms with Crippen LogP contribution in [0.3, 0.4) is 0 Å². The molecule has 2 aromatic rings. The molecule has 3 aliphatic heterocycles. The molecule has 5 rings (SSSR count). The van der Waals surface area contributed by atoms with E-state index in [-0.39, 0.29) is 43.1 Å². The number of hydrogen-bond donors (Lipinski definition) is 11. The van der Waals surface area contributed by atoms with Gasteiger partial charge in [-0.15, -0.1) is 0 Å². The molecular weight excluding hydrogens is 700 g/mol. The fraction of sp³-hybridized carbons (Fsp3) is 0.606. The molecule has 0 amide bonds. The van der Waals surface area contributed by atoms with Crippen molar-refractivity contribution in [2.45, 2.75) is 86.0 Å². The number of phenols is 4. The number of benzene rings is 2. The number of carbonyl (C=O) groups is 1. The normalized spacial score (nSPS) is 34.8. The van der Waals surface area contributed by atoms with Crippen molar-refractivity contribution in [1.82, 2.24) is 0 Å². The second-order valence-corrected chi connectivity index (χ2v) is 13.0. The van der Waals surface area contributed by atoms with Crippen LogP contribution < -0.4 is 0 Å². The Morgan fingerprint density at radius 1 is 0.731 bits per heavy atom. The van der Waals surface area contributed by atoms with Crippen LogP contribution in [0.1, 0.15) is 17.5 Å². The van der Waals surface area contributed by atoms with Gasteiger partial charge in [0.05, 0.1) is 39.6 Å². The molecule has 3 fully saturated rings. The molecule has 11 atom stereocenters. The first-order valence-corrected chi connectivity index (χ1v) is 16.4. The maximum absolute atomic E-state index is 13.3. The van der Waals surface area contributed by atoms with E-state index in [1.54, 1.807) is 0 Å². The van der Waals surface area contributed by atoms with Gasteiger partial charge >= 0.3 is 5.97 Å². The molecule has 0 aliphatic carbocycles. The number of carbonyl (C=O) groups excluding carboxylic acids is 1. The lowest BCUT2D eigenvalue weighted by Crippen LogP contribution is -2.63. The van der Waals surface area contributed by atoms with Crippen LogP contribution in [0.25, 0.3) is 0 Å². The Kier molecular flexibility index (Phi) is 12.8. The minimum absolute atomic E-state index is 0.0316. The Morgan fingerprint density at radius 2 is 1.29 bits per heavy atom. The number of aliphatic hydroxyl groups excluding tert-OH is 5. The summed E-state index contributed by atoms with van der Waals surface area (Å²) in [6, 6.07) is 8.06. The average Bonchev–Trinajstić information content (AvgIpc) is 3.58. The number of hydrogen-bond acceptors (Lipinski definition) is 19. The fourth-order valence-electron chi connectivity index (χ4n) is 5.85. The summed E-state index contributed by atoms with van der Waals surface area (Å²) in [5.74, 6) is -2.34. The van der Waals surface area contributed by atoms with E-state index in [1.807, 2.05) is 0 Å². The number of aliphatic hydroxyl groups is 7. The third kappa shape index (κ3) is 8.85. The van der Waals surface area contributed by atoms with Crippen molar-refractivity contribution < 1.29 is 94.1 Å². The number of rotatable bonds is 15. The van der Waals surface area contributed by atoms with Gasteiger partial charge in [-0.05, 0) is 48.2 Å². The number of ether oxygens (including phenoxy) is 7. The topological polar surface area (TPSA) is 304 Å². The molecule has 19 heteroatoms. The zero-order chi connectivity index (χ0) is 37.8.